The number of imidazole rings is 1. The monoisotopic (exact) mass is 416 g/mol. The molecule has 0 unspecified atom stereocenters. The van der Waals surface area contributed by atoms with Crippen molar-refractivity contribution < 1.29 is 24.6 Å². The second-order valence-electron chi connectivity index (χ2n) is 8.13. The molecule has 162 valence electrons. The zero-order valence-electron chi connectivity index (χ0n) is 17.5. The Kier molecular flexibility index (Phi) is 6.28. The third-order valence-electron chi connectivity index (χ3n) is 5.47. The molecule has 0 spiro atoms. The van der Waals surface area contributed by atoms with Gasteiger partial charge < -0.3 is 24.6 Å². The van der Waals surface area contributed by atoms with Crippen molar-refractivity contribution in [2.45, 2.75) is 39.8 Å². The third-order valence-corrected chi connectivity index (χ3v) is 5.47. The molecule has 1 saturated heterocycles. The van der Waals surface area contributed by atoms with E-state index in [0.717, 1.165) is 10.4 Å². The van der Waals surface area contributed by atoms with Crippen LogP contribution in [0.5, 0.6) is 0 Å². The quantitative estimate of drug-likeness (QED) is 0.748. The summed E-state index contributed by atoms with van der Waals surface area (Å²) in [7, 11) is 0. The van der Waals surface area contributed by atoms with Crippen molar-refractivity contribution in [1.29, 1.82) is 0 Å². The minimum atomic E-state index is -1.18. The van der Waals surface area contributed by atoms with Gasteiger partial charge in [-0.05, 0) is 31.4 Å². The maximum absolute atomic E-state index is 13.6. The lowest BCUT2D eigenvalue weighted by Crippen LogP contribution is -2.56. The lowest BCUT2D eigenvalue weighted by Gasteiger charge is -2.41. The van der Waals surface area contributed by atoms with Gasteiger partial charge in [-0.15, -0.1) is 0 Å². The van der Waals surface area contributed by atoms with Gasteiger partial charge in [0.2, 0.25) is 0 Å². The summed E-state index contributed by atoms with van der Waals surface area (Å²) in [5.74, 6) is -1.80. The van der Waals surface area contributed by atoms with Crippen molar-refractivity contribution >= 4 is 29.0 Å². The first-order chi connectivity index (χ1) is 14.2. The number of amides is 2. The highest BCUT2D eigenvalue weighted by Crippen LogP contribution is 2.25. The van der Waals surface area contributed by atoms with Crippen LogP contribution in [0.4, 0.5) is 4.79 Å². The van der Waals surface area contributed by atoms with E-state index in [1.54, 1.807) is 4.90 Å². The van der Waals surface area contributed by atoms with Crippen molar-refractivity contribution in [2.75, 3.05) is 19.6 Å². The summed E-state index contributed by atoms with van der Waals surface area (Å²) in [5.41, 5.74) is 1.57. The maximum atomic E-state index is 13.6. The van der Waals surface area contributed by atoms with E-state index in [2.05, 4.69) is 4.98 Å². The fourth-order valence-corrected chi connectivity index (χ4v) is 4.11. The molecule has 0 saturated carbocycles. The van der Waals surface area contributed by atoms with E-state index in [-0.39, 0.29) is 31.3 Å². The van der Waals surface area contributed by atoms with Gasteiger partial charge in [0.15, 0.2) is 5.82 Å². The minimum Gasteiger partial charge on any atom is -0.481 e. The third kappa shape index (κ3) is 4.24. The molecule has 2 heterocycles. The van der Waals surface area contributed by atoms with E-state index in [0.29, 0.717) is 24.4 Å². The van der Waals surface area contributed by atoms with Crippen LogP contribution in [-0.4, -0.2) is 73.2 Å². The van der Waals surface area contributed by atoms with E-state index in [1.807, 2.05) is 49.6 Å². The average Bonchev–Trinajstić information content (AvgIpc) is 3.09. The molecule has 2 N–H and O–H groups in total. The maximum Gasteiger partial charge on any atom is 0.407 e. The molecule has 1 aliphatic rings. The predicted octanol–water partition coefficient (Wildman–Crippen LogP) is 2.61. The van der Waals surface area contributed by atoms with Gasteiger partial charge in [0.1, 0.15) is 0 Å². The number of likely N-dealkylation sites (tertiary alicyclic amines) is 1. The summed E-state index contributed by atoms with van der Waals surface area (Å²) in [4.78, 5) is 44.1. The summed E-state index contributed by atoms with van der Waals surface area (Å²) >= 11 is 0. The number of piperidine rings is 1. The first-order valence-corrected chi connectivity index (χ1v) is 10.2. The molecule has 3 rings (SSSR count). The zero-order valence-corrected chi connectivity index (χ0v) is 17.5. The Hall–Kier alpha value is -3.10. The van der Waals surface area contributed by atoms with E-state index in [9.17, 15) is 24.6 Å². The lowest BCUT2D eigenvalue weighted by atomic mass is 9.92. The van der Waals surface area contributed by atoms with Crippen molar-refractivity contribution in [3.05, 3.63) is 30.1 Å². The van der Waals surface area contributed by atoms with Crippen LogP contribution >= 0.6 is 0 Å². The molecule has 2 aromatic rings. The van der Waals surface area contributed by atoms with E-state index in [1.165, 1.54) is 0 Å². The Morgan fingerprint density at radius 2 is 1.90 bits per heavy atom. The number of carboxylic acid groups (broad SMARTS) is 2. The Morgan fingerprint density at radius 3 is 2.50 bits per heavy atom. The van der Waals surface area contributed by atoms with Crippen molar-refractivity contribution in [1.82, 2.24) is 19.4 Å². The fraction of sp³-hybridized carbons (Fsp3) is 0.524. The van der Waals surface area contributed by atoms with Crippen LogP contribution in [0.15, 0.2) is 24.3 Å². The molecule has 1 aliphatic heterocycles. The number of aliphatic carboxylic acids is 1. The predicted molar refractivity (Wildman–Crippen MR) is 110 cm³/mol. The fourth-order valence-electron chi connectivity index (χ4n) is 4.11. The molecule has 30 heavy (non-hydrogen) atoms. The molecule has 9 heteroatoms. The summed E-state index contributed by atoms with van der Waals surface area (Å²) in [6, 6.07) is 6.97. The molecule has 1 fully saturated rings. The summed E-state index contributed by atoms with van der Waals surface area (Å²) in [6.45, 7) is 6.83. The Morgan fingerprint density at radius 1 is 1.20 bits per heavy atom. The standard InChI is InChI=1S/C21H28N4O5/c1-4-24-17-8-6-5-7-16(17)22-18(24)19(26)25(10-13(2)3)15-9-14(20(27)28)11-23(12-15)21(29)30/h5-8,13-15H,4,9-12H2,1-3H3,(H,27,28)(H,29,30)/t14-,15+/m1/s1. The number of carbonyl (C=O) groups excluding carboxylic acids is 1. The Labute approximate surface area is 174 Å². The molecule has 2 amide bonds. The number of hydrogen-bond donors (Lipinski definition) is 2. The molecule has 0 aliphatic carbocycles. The number of benzene rings is 1. The summed E-state index contributed by atoms with van der Waals surface area (Å²) in [6.07, 6.45) is -0.965. The molecule has 0 radical (unpaired) electrons. The SMILES string of the molecule is CCn1c(C(=O)N(CC(C)C)[C@H]2C[C@@H](C(=O)O)CN(C(=O)O)C2)nc2ccccc21. The Balaban J connectivity index is 2.00. The first-order valence-electron chi connectivity index (χ1n) is 10.2. The number of carboxylic acids is 1. The van der Waals surface area contributed by atoms with Gasteiger partial charge in [-0.25, -0.2) is 9.78 Å². The van der Waals surface area contributed by atoms with Gasteiger partial charge in [0, 0.05) is 26.2 Å². The molecule has 1 aromatic carbocycles. The van der Waals surface area contributed by atoms with E-state index >= 15 is 0 Å². The van der Waals surface area contributed by atoms with Crippen LogP contribution < -0.4 is 0 Å². The van der Waals surface area contributed by atoms with Crippen LogP contribution in [0, 0.1) is 11.8 Å². The van der Waals surface area contributed by atoms with Crippen LogP contribution in [0.25, 0.3) is 11.0 Å². The highest BCUT2D eigenvalue weighted by atomic mass is 16.4. The van der Waals surface area contributed by atoms with Crippen molar-refractivity contribution in [3.8, 4) is 0 Å². The second-order valence-corrected chi connectivity index (χ2v) is 8.13. The highest BCUT2D eigenvalue weighted by molar-refractivity contribution is 5.95. The van der Waals surface area contributed by atoms with Gasteiger partial charge >= 0.3 is 12.1 Å². The normalized spacial score (nSPS) is 19.3. The number of fused-ring (bicyclic) bond motifs is 1. The number of carbonyl (C=O) groups is 3. The van der Waals surface area contributed by atoms with Crippen LogP contribution in [0.3, 0.4) is 0 Å². The van der Waals surface area contributed by atoms with Gasteiger partial charge in [-0.1, -0.05) is 26.0 Å². The largest absolute Gasteiger partial charge is 0.481 e. The number of aryl methyl sites for hydroxylation is 1. The molecule has 0 bridgehead atoms. The first kappa shape index (κ1) is 21.6. The summed E-state index contributed by atoms with van der Waals surface area (Å²) < 4.78 is 1.84. The number of aromatic nitrogens is 2. The van der Waals surface area contributed by atoms with Crippen LogP contribution in [-0.2, 0) is 11.3 Å². The second kappa shape index (κ2) is 8.73. The van der Waals surface area contributed by atoms with Gasteiger partial charge in [0.05, 0.1) is 23.0 Å². The Bertz CT molecular complexity index is 932. The van der Waals surface area contributed by atoms with E-state index < -0.39 is 24.0 Å². The van der Waals surface area contributed by atoms with Crippen LogP contribution in [0.1, 0.15) is 37.8 Å². The lowest BCUT2D eigenvalue weighted by molar-refractivity contribution is -0.144. The van der Waals surface area contributed by atoms with E-state index in [4.69, 9.17) is 0 Å². The highest BCUT2D eigenvalue weighted by Gasteiger charge is 2.39. The molecule has 2 atom stereocenters. The topological polar surface area (TPSA) is 116 Å². The average molecular weight is 416 g/mol. The zero-order chi connectivity index (χ0) is 22.0. The van der Waals surface area contributed by atoms with Gasteiger partial charge in [0.25, 0.3) is 5.91 Å². The van der Waals surface area contributed by atoms with Crippen molar-refractivity contribution in [2.24, 2.45) is 11.8 Å². The molecular formula is C21H28N4O5. The molecule has 1 aromatic heterocycles. The number of rotatable bonds is 6. The smallest absolute Gasteiger partial charge is 0.407 e. The van der Waals surface area contributed by atoms with Gasteiger partial charge in [-0.3, -0.25) is 9.59 Å². The number of nitrogens with zero attached hydrogens (tertiary/aromatic N) is 4. The van der Waals surface area contributed by atoms with Gasteiger partial charge in [-0.2, -0.15) is 0 Å². The van der Waals surface area contributed by atoms with Crippen molar-refractivity contribution in [3.63, 3.8) is 0 Å². The minimum absolute atomic E-state index is 0.0711. The summed E-state index contributed by atoms with van der Waals surface area (Å²) in [5, 5.41) is 19.0. The molecule has 9 nitrogen and oxygen atoms in total. The number of hydrogen-bond acceptors (Lipinski definition) is 4. The van der Waals surface area contributed by atoms with Crippen LogP contribution in [0.2, 0.25) is 0 Å². The molecular weight excluding hydrogens is 388 g/mol. The number of para-hydroxylation sites is 2.